The second-order valence-electron chi connectivity index (χ2n) is 4.74. The van der Waals surface area contributed by atoms with Crippen molar-refractivity contribution in [3.63, 3.8) is 0 Å². The molecule has 0 spiro atoms. The summed E-state index contributed by atoms with van der Waals surface area (Å²) in [6.45, 7) is 2.70. The van der Waals surface area contributed by atoms with Crippen LogP contribution in [0.5, 0.6) is 0 Å². The molecule has 0 saturated heterocycles. The number of aromatic nitrogens is 3. The maximum absolute atomic E-state index is 9.79. The average Bonchev–Trinajstić information content (AvgIpc) is 3.04. The Morgan fingerprint density at radius 3 is 2.89 bits per heavy atom. The van der Waals surface area contributed by atoms with Crippen molar-refractivity contribution in [3.8, 4) is 0 Å². The van der Waals surface area contributed by atoms with Crippen molar-refractivity contribution in [2.45, 2.75) is 26.0 Å². The first-order valence-electron chi connectivity index (χ1n) is 6.52. The summed E-state index contributed by atoms with van der Waals surface area (Å²) < 4.78 is 4.07. The Bertz CT molecular complexity index is 650. The lowest BCUT2D eigenvalue weighted by Gasteiger charge is -2.03. The highest BCUT2D eigenvalue weighted by Gasteiger charge is 2.07. The van der Waals surface area contributed by atoms with Crippen molar-refractivity contribution < 1.29 is 5.11 Å². The Morgan fingerprint density at radius 2 is 2.11 bits per heavy atom. The van der Waals surface area contributed by atoms with Gasteiger partial charge in [-0.2, -0.15) is 0 Å². The molecule has 0 fully saturated rings. The molecule has 1 unspecified atom stereocenters. The van der Waals surface area contributed by atoms with Crippen LogP contribution in [0.4, 0.5) is 0 Å². The number of rotatable bonds is 4. The zero-order chi connectivity index (χ0) is 13.2. The highest BCUT2D eigenvalue weighted by atomic mass is 16.3. The van der Waals surface area contributed by atoms with Gasteiger partial charge in [0.2, 0.25) is 0 Å². The first-order chi connectivity index (χ1) is 9.26. The number of nitrogens with zero attached hydrogens (tertiary/aromatic N) is 3. The SMILES string of the molecule is CCC(O)c1ccn(Cc2cn3ccccc3n2)c1. The predicted molar refractivity (Wildman–Crippen MR) is 74.0 cm³/mol. The van der Waals surface area contributed by atoms with E-state index in [0.717, 1.165) is 29.9 Å². The van der Waals surface area contributed by atoms with E-state index >= 15 is 0 Å². The molecule has 1 atom stereocenters. The maximum Gasteiger partial charge on any atom is 0.137 e. The monoisotopic (exact) mass is 255 g/mol. The van der Waals surface area contributed by atoms with Crippen molar-refractivity contribution in [2.24, 2.45) is 0 Å². The van der Waals surface area contributed by atoms with Gasteiger partial charge in [0.05, 0.1) is 18.3 Å². The first-order valence-corrected chi connectivity index (χ1v) is 6.52. The number of aliphatic hydroxyl groups excluding tert-OH is 1. The molecule has 0 amide bonds. The lowest BCUT2D eigenvalue weighted by Crippen LogP contribution is -1.97. The van der Waals surface area contributed by atoms with E-state index in [1.165, 1.54) is 0 Å². The summed E-state index contributed by atoms with van der Waals surface area (Å²) in [5.41, 5.74) is 2.93. The van der Waals surface area contributed by atoms with Crippen molar-refractivity contribution in [3.05, 3.63) is 60.3 Å². The summed E-state index contributed by atoms with van der Waals surface area (Å²) in [7, 11) is 0. The van der Waals surface area contributed by atoms with Crippen LogP contribution in [0.2, 0.25) is 0 Å². The third-order valence-corrected chi connectivity index (χ3v) is 3.30. The zero-order valence-corrected chi connectivity index (χ0v) is 10.9. The van der Waals surface area contributed by atoms with E-state index in [2.05, 4.69) is 9.55 Å². The van der Waals surface area contributed by atoms with Gasteiger partial charge in [-0.05, 0) is 30.2 Å². The molecule has 0 aliphatic heterocycles. The highest BCUT2D eigenvalue weighted by Crippen LogP contribution is 2.17. The molecular formula is C15H17N3O. The molecule has 3 aromatic heterocycles. The first kappa shape index (κ1) is 12.0. The van der Waals surface area contributed by atoms with Crippen LogP contribution in [0.3, 0.4) is 0 Å². The summed E-state index contributed by atoms with van der Waals surface area (Å²) in [5.74, 6) is 0. The van der Waals surface area contributed by atoms with E-state index in [0.29, 0.717) is 0 Å². The Labute approximate surface area is 111 Å². The van der Waals surface area contributed by atoms with Crippen LogP contribution in [-0.4, -0.2) is 19.1 Å². The molecule has 0 aliphatic rings. The van der Waals surface area contributed by atoms with Gasteiger partial charge in [-0.3, -0.25) is 0 Å². The Balaban J connectivity index is 1.82. The standard InChI is InChI=1S/C15H17N3O/c1-2-14(19)12-6-8-17(9-12)10-13-11-18-7-4-3-5-15(18)16-13/h3-9,11,14,19H,2,10H2,1H3. The lowest BCUT2D eigenvalue weighted by atomic mass is 10.1. The van der Waals surface area contributed by atoms with Crippen molar-refractivity contribution in [1.29, 1.82) is 0 Å². The fourth-order valence-corrected chi connectivity index (χ4v) is 2.24. The van der Waals surface area contributed by atoms with Crippen molar-refractivity contribution in [2.75, 3.05) is 0 Å². The molecule has 0 aromatic carbocycles. The number of hydrogen-bond acceptors (Lipinski definition) is 2. The number of aliphatic hydroxyl groups is 1. The molecule has 0 bridgehead atoms. The third kappa shape index (κ3) is 2.39. The van der Waals surface area contributed by atoms with Gasteiger partial charge in [0.1, 0.15) is 5.65 Å². The van der Waals surface area contributed by atoms with Crippen LogP contribution in [0.15, 0.2) is 49.1 Å². The van der Waals surface area contributed by atoms with Crippen LogP contribution >= 0.6 is 0 Å². The van der Waals surface area contributed by atoms with Crippen LogP contribution in [0, 0.1) is 0 Å². The average molecular weight is 255 g/mol. The van der Waals surface area contributed by atoms with E-state index in [-0.39, 0.29) is 6.10 Å². The Hall–Kier alpha value is -2.07. The number of imidazole rings is 1. The second kappa shape index (κ2) is 4.90. The quantitative estimate of drug-likeness (QED) is 0.778. The molecular weight excluding hydrogens is 238 g/mol. The topological polar surface area (TPSA) is 42.5 Å². The number of hydrogen-bond donors (Lipinski definition) is 1. The minimum Gasteiger partial charge on any atom is -0.388 e. The molecule has 98 valence electrons. The van der Waals surface area contributed by atoms with E-state index in [9.17, 15) is 5.11 Å². The highest BCUT2D eigenvalue weighted by molar-refractivity contribution is 5.39. The van der Waals surface area contributed by atoms with Gasteiger partial charge >= 0.3 is 0 Å². The van der Waals surface area contributed by atoms with Gasteiger partial charge in [0.15, 0.2) is 0 Å². The normalized spacial score (nSPS) is 12.9. The van der Waals surface area contributed by atoms with Gasteiger partial charge in [0, 0.05) is 24.8 Å². The molecule has 1 N–H and O–H groups in total. The second-order valence-corrected chi connectivity index (χ2v) is 4.74. The summed E-state index contributed by atoms with van der Waals surface area (Å²) >= 11 is 0. The van der Waals surface area contributed by atoms with Gasteiger partial charge in [-0.25, -0.2) is 4.98 Å². The van der Waals surface area contributed by atoms with E-state index in [4.69, 9.17) is 0 Å². The maximum atomic E-state index is 9.79. The summed E-state index contributed by atoms with van der Waals surface area (Å²) in [4.78, 5) is 4.56. The fourth-order valence-electron chi connectivity index (χ4n) is 2.24. The molecule has 3 heterocycles. The lowest BCUT2D eigenvalue weighted by molar-refractivity contribution is 0.173. The van der Waals surface area contributed by atoms with Crippen molar-refractivity contribution >= 4 is 5.65 Å². The Morgan fingerprint density at radius 1 is 1.21 bits per heavy atom. The molecule has 0 radical (unpaired) electrons. The van der Waals surface area contributed by atoms with Crippen molar-refractivity contribution in [1.82, 2.24) is 14.0 Å². The summed E-state index contributed by atoms with van der Waals surface area (Å²) in [5, 5.41) is 9.79. The largest absolute Gasteiger partial charge is 0.388 e. The third-order valence-electron chi connectivity index (χ3n) is 3.30. The minimum atomic E-state index is -0.373. The number of pyridine rings is 1. The fraction of sp³-hybridized carbons (Fsp3) is 0.267. The van der Waals surface area contributed by atoms with E-state index < -0.39 is 0 Å². The summed E-state index contributed by atoms with van der Waals surface area (Å²) in [6, 6.07) is 7.93. The zero-order valence-electron chi connectivity index (χ0n) is 10.9. The Kier molecular flexibility index (Phi) is 3.09. The molecule has 3 rings (SSSR count). The summed E-state index contributed by atoms with van der Waals surface area (Å²) in [6.07, 6.45) is 8.36. The predicted octanol–water partition coefficient (Wildman–Crippen LogP) is 2.63. The van der Waals surface area contributed by atoms with E-state index in [1.807, 2.05) is 60.4 Å². The van der Waals surface area contributed by atoms with Crippen LogP contribution in [0.1, 0.15) is 30.7 Å². The molecule has 4 heteroatoms. The molecule has 4 nitrogen and oxygen atoms in total. The van der Waals surface area contributed by atoms with Crippen LogP contribution in [-0.2, 0) is 6.54 Å². The molecule has 0 aliphatic carbocycles. The van der Waals surface area contributed by atoms with Crippen LogP contribution in [0.25, 0.3) is 5.65 Å². The van der Waals surface area contributed by atoms with Crippen LogP contribution < -0.4 is 0 Å². The van der Waals surface area contributed by atoms with Gasteiger partial charge < -0.3 is 14.1 Å². The molecule has 0 saturated carbocycles. The smallest absolute Gasteiger partial charge is 0.137 e. The minimum absolute atomic E-state index is 0.373. The van der Waals surface area contributed by atoms with Gasteiger partial charge in [-0.1, -0.05) is 13.0 Å². The number of fused-ring (bicyclic) bond motifs is 1. The molecule has 3 aromatic rings. The van der Waals surface area contributed by atoms with Gasteiger partial charge in [-0.15, -0.1) is 0 Å². The molecule has 19 heavy (non-hydrogen) atoms. The van der Waals surface area contributed by atoms with Gasteiger partial charge in [0.25, 0.3) is 0 Å². The van der Waals surface area contributed by atoms with E-state index in [1.54, 1.807) is 0 Å².